The summed E-state index contributed by atoms with van der Waals surface area (Å²) in [6.07, 6.45) is 0. The van der Waals surface area contributed by atoms with Gasteiger partial charge in [0.2, 0.25) is 5.91 Å². The van der Waals surface area contributed by atoms with Crippen LogP contribution in [0, 0.1) is 19.8 Å². The molecule has 2 aromatic rings. The minimum atomic E-state index is -0.553. The second-order valence-corrected chi connectivity index (χ2v) is 8.19. The van der Waals surface area contributed by atoms with Gasteiger partial charge in [0.15, 0.2) is 0 Å². The highest BCUT2D eigenvalue weighted by Gasteiger charge is 2.24. The Hall–Kier alpha value is -2.27. The van der Waals surface area contributed by atoms with Crippen molar-refractivity contribution in [1.29, 1.82) is 0 Å². The number of rotatable bonds is 8. The van der Waals surface area contributed by atoms with Crippen molar-refractivity contribution in [3.05, 3.63) is 65.2 Å². The Bertz CT molecular complexity index is 772. The van der Waals surface area contributed by atoms with E-state index in [2.05, 4.69) is 41.8 Å². The summed E-state index contributed by atoms with van der Waals surface area (Å²) < 4.78 is 0. The van der Waals surface area contributed by atoms with E-state index in [-0.39, 0.29) is 17.7 Å². The maximum atomic E-state index is 12.5. The van der Waals surface area contributed by atoms with Crippen LogP contribution in [0.15, 0.2) is 53.4 Å². The third kappa shape index (κ3) is 6.75. The van der Waals surface area contributed by atoms with Gasteiger partial charge in [0.25, 0.3) is 5.91 Å². The Morgan fingerprint density at radius 2 is 1.70 bits per heavy atom. The lowest BCUT2D eigenvalue weighted by Gasteiger charge is -2.22. The van der Waals surface area contributed by atoms with E-state index in [1.165, 1.54) is 10.5 Å². The minimum Gasteiger partial charge on any atom is -0.353 e. The molecule has 0 spiro atoms. The third-order valence-corrected chi connectivity index (χ3v) is 5.22. The van der Waals surface area contributed by atoms with Gasteiger partial charge in [0.1, 0.15) is 6.04 Å². The molecule has 2 amide bonds. The number of hydrogen-bond donors (Lipinski definition) is 2. The van der Waals surface area contributed by atoms with Crippen LogP contribution in [0.4, 0.5) is 0 Å². The van der Waals surface area contributed by atoms with Crippen LogP contribution >= 0.6 is 11.8 Å². The van der Waals surface area contributed by atoms with Gasteiger partial charge in [-0.1, -0.05) is 49.2 Å². The van der Waals surface area contributed by atoms with Crippen molar-refractivity contribution in [3.8, 4) is 0 Å². The third-order valence-electron chi connectivity index (χ3n) is 4.21. The summed E-state index contributed by atoms with van der Waals surface area (Å²) in [5.41, 5.74) is 2.82. The SMILES string of the molecule is Cc1ccc(SCCNC(=O)C(NC(=O)c2cccc(C)c2)C(C)C)cc1. The fourth-order valence-electron chi connectivity index (χ4n) is 2.63. The first kappa shape index (κ1) is 21.0. The van der Waals surface area contributed by atoms with Crippen molar-refractivity contribution in [1.82, 2.24) is 10.6 Å². The number of thioether (sulfide) groups is 1. The van der Waals surface area contributed by atoms with Gasteiger partial charge in [-0.25, -0.2) is 0 Å². The van der Waals surface area contributed by atoms with Crippen molar-refractivity contribution >= 4 is 23.6 Å². The molecule has 1 atom stereocenters. The van der Waals surface area contributed by atoms with Crippen LogP contribution in [0.25, 0.3) is 0 Å². The molecule has 144 valence electrons. The molecule has 0 aromatic heterocycles. The van der Waals surface area contributed by atoms with Gasteiger partial charge in [0.05, 0.1) is 0 Å². The first-order valence-electron chi connectivity index (χ1n) is 9.21. The molecule has 0 heterocycles. The van der Waals surface area contributed by atoms with Gasteiger partial charge in [-0.3, -0.25) is 9.59 Å². The van der Waals surface area contributed by atoms with Gasteiger partial charge in [0, 0.05) is 22.8 Å². The van der Waals surface area contributed by atoms with Gasteiger partial charge in [-0.05, 0) is 44.0 Å². The Balaban J connectivity index is 1.85. The number of nitrogens with one attached hydrogen (secondary N) is 2. The highest BCUT2D eigenvalue weighted by molar-refractivity contribution is 7.99. The fourth-order valence-corrected chi connectivity index (χ4v) is 3.40. The molecule has 27 heavy (non-hydrogen) atoms. The summed E-state index contributed by atoms with van der Waals surface area (Å²) >= 11 is 1.70. The normalized spacial score (nSPS) is 11.9. The zero-order valence-electron chi connectivity index (χ0n) is 16.4. The molecule has 1 unspecified atom stereocenters. The van der Waals surface area contributed by atoms with E-state index >= 15 is 0 Å². The van der Waals surface area contributed by atoms with Crippen LogP contribution < -0.4 is 10.6 Å². The summed E-state index contributed by atoms with van der Waals surface area (Å²) in [6.45, 7) is 8.42. The Morgan fingerprint density at radius 3 is 2.33 bits per heavy atom. The molecular formula is C22H28N2O2S. The number of aryl methyl sites for hydroxylation is 2. The zero-order valence-corrected chi connectivity index (χ0v) is 17.2. The van der Waals surface area contributed by atoms with E-state index in [9.17, 15) is 9.59 Å². The van der Waals surface area contributed by atoms with Crippen molar-refractivity contribution in [2.45, 2.75) is 38.6 Å². The molecule has 0 saturated carbocycles. The molecular weight excluding hydrogens is 356 g/mol. The Kier molecular flexibility index (Phi) is 7.92. The number of carbonyl (C=O) groups excluding carboxylic acids is 2. The number of carbonyl (C=O) groups is 2. The molecule has 0 saturated heterocycles. The summed E-state index contributed by atoms with van der Waals surface area (Å²) in [7, 11) is 0. The summed E-state index contributed by atoms with van der Waals surface area (Å²) in [5.74, 6) is 0.423. The quantitative estimate of drug-likeness (QED) is 0.535. The second-order valence-electron chi connectivity index (χ2n) is 7.02. The standard InChI is InChI=1S/C22H28N2O2S/c1-15(2)20(24-21(25)18-7-5-6-17(4)14-18)22(26)23-12-13-27-19-10-8-16(3)9-11-19/h5-11,14-15,20H,12-13H2,1-4H3,(H,23,26)(H,24,25). The lowest BCUT2D eigenvalue weighted by Crippen LogP contribution is -2.50. The summed E-state index contributed by atoms with van der Waals surface area (Å²) in [4.78, 5) is 26.2. The van der Waals surface area contributed by atoms with Crippen LogP contribution in [0.3, 0.4) is 0 Å². The Morgan fingerprint density at radius 1 is 1.00 bits per heavy atom. The smallest absolute Gasteiger partial charge is 0.251 e. The lowest BCUT2D eigenvalue weighted by molar-refractivity contribution is -0.123. The predicted molar refractivity (Wildman–Crippen MR) is 112 cm³/mol. The van der Waals surface area contributed by atoms with Crippen LogP contribution in [0.5, 0.6) is 0 Å². The molecule has 0 aliphatic rings. The highest BCUT2D eigenvalue weighted by atomic mass is 32.2. The van der Waals surface area contributed by atoms with E-state index in [0.29, 0.717) is 12.1 Å². The van der Waals surface area contributed by atoms with E-state index in [4.69, 9.17) is 0 Å². The molecule has 0 bridgehead atoms. The van der Waals surface area contributed by atoms with E-state index in [1.807, 2.05) is 39.0 Å². The molecule has 0 aliphatic heterocycles. The second kappa shape index (κ2) is 10.2. The minimum absolute atomic E-state index is 0.00325. The van der Waals surface area contributed by atoms with E-state index in [0.717, 1.165) is 11.3 Å². The Labute approximate surface area is 166 Å². The molecule has 0 aliphatic carbocycles. The first-order valence-corrected chi connectivity index (χ1v) is 10.2. The molecule has 2 rings (SSSR count). The van der Waals surface area contributed by atoms with E-state index in [1.54, 1.807) is 17.8 Å². The monoisotopic (exact) mass is 384 g/mol. The maximum Gasteiger partial charge on any atom is 0.251 e. The highest BCUT2D eigenvalue weighted by Crippen LogP contribution is 2.17. The zero-order chi connectivity index (χ0) is 19.8. The van der Waals surface area contributed by atoms with Gasteiger partial charge >= 0.3 is 0 Å². The van der Waals surface area contributed by atoms with Gasteiger partial charge in [-0.2, -0.15) is 0 Å². The predicted octanol–water partition coefficient (Wildman–Crippen LogP) is 3.97. The van der Waals surface area contributed by atoms with Crippen molar-refractivity contribution in [2.75, 3.05) is 12.3 Å². The number of amides is 2. The molecule has 2 aromatic carbocycles. The van der Waals surface area contributed by atoms with Crippen molar-refractivity contribution in [3.63, 3.8) is 0 Å². The lowest BCUT2D eigenvalue weighted by atomic mass is 10.0. The van der Waals surface area contributed by atoms with Crippen LogP contribution in [-0.4, -0.2) is 30.2 Å². The molecule has 2 N–H and O–H groups in total. The van der Waals surface area contributed by atoms with E-state index < -0.39 is 6.04 Å². The topological polar surface area (TPSA) is 58.2 Å². The molecule has 0 fully saturated rings. The average Bonchev–Trinajstić information content (AvgIpc) is 2.64. The molecule has 5 heteroatoms. The maximum absolute atomic E-state index is 12.5. The summed E-state index contributed by atoms with van der Waals surface area (Å²) in [5, 5.41) is 5.81. The van der Waals surface area contributed by atoms with Crippen molar-refractivity contribution < 1.29 is 9.59 Å². The van der Waals surface area contributed by atoms with Gasteiger partial charge in [-0.15, -0.1) is 11.8 Å². The molecule has 4 nitrogen and oxygen atoms in total. The fraction of sp³-hybridized carbons (Fsp3) is 0.364. The largest absolute Gasteiger partial charge is 0.353 e. The number of benzene rings is 2. The van der Waals surface area contributed by atoms with Gasteiger partial charge < -0.3 is 10.6 Å². The van der Waals surface area contributed by atoms with Crippen molar-refractivity contribution in [2.24, 2.45) is 5.92 Å². The average molecular weight is 385 g/mol. The summed E-state index contributed by atoms with van der Waals surface area (Å²) in [6, 6.07) is 15.1. The van der Waals surface area contributed by atoms with Crippen LogP contribution in [0.1, 0.15) is 35.3 Å². The number of hydrogen-bond acceptors (Lipinski definition) is 3. The molecule has 0 radical (unpaired) electrons. The van der Waals surface area contributed by atoms with Crippen LogP contribution in [0.2, 0.25) is 0 Å². The van der Waals surface area contributed by atoms with Crippen LogP contribution in [-0.2, 0) is 4.79 Å². The first-order chi connectivity index (χ1) is 12.9.